The Hall–Kier alpha value is -4.90. The van der Waals surface area contributed by atoms with E-state index in [-0.39, 0.29) is 17.2 Å². The Bertz CT molecular complexity index is 1470. The molecule has 0 saturated heterocycles. The van der Waals surface area contributed by atoms with Gasteiger partial charge in [-0.1, -0.05) is 50.5 Å². The van der Waals surface area contributed by atoms with Gasteiger partial charge >= 0.3 is 5.97 Å². The molecule has 1 aliphatic rings. The second-order valence-corrected chi connectivity index (χ2v) is 9.47. The lowest BCUT2D eigenvalue weighted by atomic mass is 9.83. The zero-order valence-corrected chi connectivity index (χ0v) is 23.5. The van der Waals surface area contributed by atoms with Crippen LogP contribution in [-0.2, 0) is 4.79 Å². The number of hydrogen-bond donors (Lipinski definition) is 1. The van der Waals surface area contributed by atoms with Crippen molar-refractivity contribution in [1.29, 1.82) is 5.26 Å². The lowest BCUT2D eigenvalue weighted by Gasteiger charge is -2.27. The molecule has 1 atom stereocenters. The minimum Gasteiger partial charge on any atom is -0.497 e. The quantitative estimate of drug-likeness (QED) is 0.117. The molecule has 3 aromatic rings. The van der Waals surface area contributed by atoms with Crippen LogP contribution in [0, 0.1) is 11.3 Å². The smallest absolute Gasteiger partial charge is 0.336 e. The number of unbranched alkanes of at least 4 members (excludes halogenated alkanes) is 3. The van der Waals surface area contributed by atoms with Crippen molar-refractivity contribution >= 4 is 12.0 Å². The second-order valence-electron chi connectivity index (χ2n) is 9.47. The van der Waals surface area contributed by atoms with Gasteiger partial charge in [0, 0.05) is 17.7 Å². The normalized spacial score (nSPS) is 14.1. The van der Waals surface area contributed by atoms with Gasteiger partial charge in [0.1, 0.15) is 28.9 Å². The van der Waals surface area contributed by atoms with Crippen molar-refractivity contribution in [2.75, 3.05) is 20.8 Å². The summed E-state index contributed by atoms with van der Waals surface area (Å²) in [5.74, 6) is 1.54. The van der Waals surface area contributed by atoms with Crippen molar-refractivity contribution in [3.63, 3.8) is 0 Å². The molecule has 3 aromatic carbocycles. The molecule has 0 amide bonds. The first-order valence-electron chi connectivity index (χ1n) is 13.5. The number of ether oxygens (including phenoxy) is 5. The molecule has 8 heteroatoms. The summed E-state index contributed by atoms with van der Waals surface area (Å²) in [6, 6.07) is 20.1. The molecule has 4 rings (SSSR count). The number of methoxy groups -OCH3 is 2. The van der Waals surface area contributed by atoms with Gasteiger partial charge in [0.05, 0.1) is 26.7 Å². The van der Waals surface area contributed by atoms with E-state index in [1.165, 1.54) is 12.5 Å². The van der Waals surface area contributed by atoms with Gasteiger partial charge < -0.3 is 29.4 Å². The summed E-state index contributed by atoms with van der Waals surface area (Å²) in [6.45, 7) is 2.77. The molecule has 41 heavy (non-hydrogen) atoms. The first-order valence-corrected chi connectivity index (χ1v) is 13.5. The Morgan fingerprint density at radius 3 is 2.46 bits per heavy atom. The maximum atomic E-state index is 12.5. The number of allylic oxidation sites excluding steroid dienone is 1. The molecule has 0 aromatic heterocycles. The molecule has 212 valence electrons. The Balaban J connectivity index is 1.54. The van der Waals surface area contributed by atoms with Gasteiger partial charge in [-0.05, 0) is 54.0 Å². The van der Waals surface area contributed by atoms with E-state index in [0.717, 1.165) is 36.1 Å². The van der Waals surface area contributed by atoms with Crippen molar-refractivity contribution in [3.05, 3.63) is 94.9 Å². The fraction of sp³-hybridized carbons (Fsp3) is 0.273. The van der Waals surface area contributed by atoms with Crippen LogP contribution in [0.5, 0.6) is 28.7 Å². The van der Waals surface area contributed by atoms with Crippen molar-refractivity contribution in [2.45, 2.75) is 38.5 Å². The van der Waals surface area contributed by atoms with Gasteiger partial charge in [0.2, 0.25) is 5.88 Å². The van der Waals surface area contributed by atoms with Crippen LogP contribution in [0.25, 0.3) is 6.08 Å². The largest absolute Gasteiger partial charge is 0.497 e. The Kier molecular flexibility index (Phi) is 9.89. The number of carbonyl (C=O) groups is 1. The summed E-state index contributed by atoms with van der Waals surface area (Å²) in [6.07, 6.45) is 7.41. The number of fused-ring (bicyclic) bond motifs is 1. The summed E-state index contributed by atoms with van der Waals surface area (Å²) in [5, 5.41) is 9.93. The molecule has 0 spiro atoms. The minimum atomic E-state index is -0.552. The van der Waals surface area contributed by atoms with Gasteiger partial charge in [-0.2, -0.15) is 5.26 Å². The first kappa shape index (κ1) is 29.1. The maximum Gasteiger partial charge on any atom is 0.336 e. The average Bonchev–Trinajstić information content (AvgIpc) is 2.99. The van der Waals surface area contributed by atoms with Crippen LogP contribution in [0.2, 0.25) is 0 Å². The molecule has 1 aliphatic heterocycles. The summed E-state index contributed by atoms with van der Waals surface area (Å²) < 4.78 is 28.0. The molecule has 0 aliphatic carbocycles. The molecule has 0 bridgehead atoms. The highest BCUT2D eigenvalue weighted by Crippen LogP contribution is 2.45. The predicted molar refractivity (Wildman–Crippen MR) is 156 cm³/mol. The van der Waals surface area contributed by atoms with Crippen LogP contribution in [0.3, 0.4) is 0 Å². The lowest BCUT2D eigenvalue weighted by molar-refractivity contribution is -0.128. The van der Waals surface area contributed by atoms with Gasteiger partial charge in [-0.15, -0.1) is 0 Å². The summed E-state index contributed by atoms with van der Waals surface area (Å²) in [5.41, 5.74) is 8.77. The van der Waals surface area contributed by atoms with E-state index >= 15 is 0 Å². The Morgan fingerprint density at radius 2 is 1.76 bits per heavy atom. The van der Waals surface area contributed by atoms with Crippen LogP contribution in [0.15, 0.2) is 78.2 Å². The molecule has 1 unspecified atom stereocenters. The summed E-state index contributed by atoms with van der Waals surface area (Å²) in [7, 11) is 3.18. The second kappa shape index (κ2) is 13.9. The lowest BCUT2D eigenvalue weighted by Crippen LogP contribution is -2.21. The number of benzene rings is 3. The maximum absolute atomic E-state index is 12.5. The van der Waals surface area contributed by atoms with Crippen LogP contribution >= 0.6 is 0 Å². The molecule has 8 nitrogen and oxygen atoms in total. The van der Waals surface area contributed by atoms with E-state index < -0.39 is 11.9 Å². The number of nitrogens with zero attached hydrogens (tertiary/aromatic N) is 1. The third kappa shape index (κ3) is 7.20. The van der Waals surface area contributed by atoms with Crippen LogP contribution in [0.4, 0.5) is 0 Å². The fourth-order valence-corrected chi connectivity index (χ4v) is 4.57. The van der Waals surface area contributed by atoms with E-state index in [4.69, 9.17) is 29.4 Å². The SMILES string of the molecule is CCCCCCOc1ccc(C2C(C#N)=C(N)Oc3cc(OC(=O)/C=C/c4ccc(OC)cc4)ccc32)cc1OC. The fourth-order valence-electron chi connectivity index (χ4n) is 4.57. The third-order valence-electron chi connectivity index (χ3n) is 6.71. The van der Waals surface area contributed by atoms with Gasteiger partial charge in [-0.25, -0.2) is 4.79 Å². The molecule has 0 saturated carbocycles. The molecule has 0 fully saturated rings. The van der Waals surface area contributed by atoms with E-state index in [1.807, 2.05) is 30.3 Å². The molecule has 2 N–H and O–H groups in total. The van der Waals surface area contributed by atoms with Gasteiger partial charge in [0.25, 0.3) is 0 Å². The highest BCUT2D eigenvalue weighted by atomic mass is 16.5. The number of esters is 1. The van der Waals surface area contributed by atoms with Crippen LogP contribution in [0.1, 0.15) is 55.2 Å². The first-order chi connectivity index (χ1) is 20.0. The molecular weight excluding hydrogens is 520 g/mol. The highest BCUT2D eigenvalue weighted by Gasteiger charge is 2.31. The Morgan fingerprint density at radius 1 is 0.976 bits per heavy atom. The number of hydrogen-bond acceptors (Lipinski definition) is 8. The van der Waals surface area contributed by atoms with Crippen LogP contribution in [-0.4, -0.2) is 26.8 Å². The van der Waals surface area contributed by atoms with Gasteiger partial charge in [0.15, 0.2) is 11.5 Å². The van der Waals surface area contributed by atoms with Crippen molar-refractivity contribution in [3.8, 4) is 34.8 Å². The van der Waals surface area contributed by atoms with E-state index in [1.54, 1.807) is 50.6 Å². The number of nitrogens with two attached hydrogens (primary N) is 1. The summed E-state index contributed by atoms with van der Waals surface area (Å²) >= 11 is 0. The standard InChI is InChI=1S/C33H34N2O6/c1-4-5-6-7-18-39-28-16-11-23(19-30(28)38-3)32-26-15-14-25(20-29(26)41-33(35)27(32)21-34)40-31(36)17-10-22-8-12-24(37-2)13-9-22/h8-17,19-20,32H,4-7,18,35H2,1-3H3/b17-10+. The van der Waals surface area contributed by atoms with E-state index in [9.17, 15) is 10.1 Å². The molecule has 1 heterocycles. The minimum absolute atomic E-state index is 0.0110. The zero-order valence-electron chi connectivity index (χ0n) is 23.5. The van der Waals surface area contributed by atoms with E-state index in [2.05, 4.69) is 13.0 Å². The van der Waals surface area contributed by atoms with E-state index in [0.29, 0.717) is 29.4 Å². The van der Waals surface area contributed by atoms with Crippen molar-refractivity contribution in [1.82, 2.24) is 0 Å². The number of rotatable bonds is 12. The third-order valence-corrected chi connectivity index (χ3v) is 6.71. The predicted octanol–water partition coefficient (Wildman–Crippen LogP) is 6.50. The topological polar surface area (TPSA) is 113 Å². The zero-order chi connectivity index (χ0) is 29.2. The van der Waals surface area contributed by atoms with Gasteiger partial charge in [-0.3, -0.25) is 0 Å². The van der Waals surface area contributed by atoms with Crippen molar-refractivity contribution in [2.24, 2.45) is 5.73 Å². The number of carbonyl (C=O) groups excluding carboxylic acids is 1. The monoisotopic (exact) mass is 554 g/mol. The highest BCUT2D eigenvalue weighted by molar-refractivity contribution is 5.88. The average molecular weight is 555 g/mol. The Labute approximate surface area is 240 Å². The summed E-state index contributed by atoms with van der Waals surface area (Å²) in [4.78, 5) is 12.5. The number of nitriles is 1. The van der Waals surface area contributed by atoms with Crippen molar-refractivity contribution < 1.29 is 28.5 Å². The van der Waals surface area contributed by atoms with Crippen LogP contribution < -0.4 is 29.4 Å². The molecule has 0 radical (unpaired) electrons. The molecular formula is C33H34N2O6.